The number of carbonyl (C=O) groups is 1. The first-order valence-corrected chi connectivity index (χ1v) is 17.4. The maximum Gasteiger partial charge on any atom is 0.332 e. The van der Waals surface area contributed by atoms with Gasteiger partial charge in [0.15, 0.2) is 17.5 Å². The molecule has 0 saturated heterocycles. The number of oxime groups is 3. The molecule has 0 amide bonds. The number of rotatable bonds is 11. The lowest BCUT2D eigenvalue weighted by molar-refractivity contribution is -0.140. The zero-order valence-electron chi connectivity index (χ0n) is 31.3. The van der Waals surface area contributed by atoms with Crippen molar-refractivity contribution in [1.29, 1.82) is 0 Å². The summed E-state index contributed by atoms with van der Waals surface area (Å²) in [6, 6.07) is 47.9. The smallest absolute Gasteiger partial charge is 0.332 e. The van der Waals surface area contributed by atoms with Crippen LogP contribution in [0.15, 0.2) is 168 Å². The Bertz CT molecular complexity index is 2250. The summed E-state index contributed by atoms with van der Waals surface area (Å²) in [6.07, 6.45) is 0. The normalized spacial score (nSPS) is 11.5. The van der Waals surface area contributed by atoms with Gasteiger partial charge in [-0.2, -0.15) is 0 Å². The highest BCUT2D eigenvalue weighted by Crippen LogP contribution is 2.27. The number of hydrogen-bond acceptors (Lipinski definition) is 8. The van der Waals surface area contributed by atoms with E-state index in [4.69, 9.17) is 32.6 Å². The second-order valence-electron chi connectivity index (χ2n) is 12.4. The van der Waals surface area contributed by atoms with E-state index < -0.39 is 5.97 Å². The van der Waals surface area contributed by atoms with Gasteiger partial charge in [-0.05, 0) is 50.1 Å². The molecule has 0 aliphatic heterocycles. The van der Waals surface area contributed by atoms with E-state index in [1.165, 1.54) is 21.1 Å². The molecule has 0 unspecified atom stereocenters. The van der Waals surface area contributed by atoms with E-state index >= 15 is 0 Å². The molecule has 0 heterocycles. The number of benzene rings is 6. The molecule has 6 aromatic rings. The molecule has 0 aliphatic carbocycles. The molecule has 0 saturated carbocycles. The Kier molecular flexibility index (Phi) is 13.3. The summed E-state index contributed by atoms with van der Waals surface area (Å²) in [4.78, 5) is 24.8. The highest BCUT2D eigenvalue weighted by Gasteiger charge is 2.06. The quantitative estimate of drug-likeness (QED) is 0.0450. The fourth-order valence-corrected chi connectivity index (χ4v) is 5.56. The van der Waals surface area contributed by atoms with Gasteiger partial charge in [0.25, 0.3) is 0 Å². The van der Waals surface area contributed by atoms with Crippen LogP contribution in [0.4, 0.5) is 0 Å². The summed E-state index contributed by atoms with van der Waals surface area (Å²) in [6.45, 7) is 5.02. The Morgan fingerprint density at radius 2 is 0.625 bits per heavy atom. The van der Waals surface area contributed by atoms with E-state index in [1.54, 1.807) is 0 Å². The second kappa shape index (κ2) is 18.9. The minimum absolute atomic E-state index is 0.153. The van der Waals surface area contributed by atoms with Crippen LogP contribution in [0, 0.1) is 0 Å². The molecule has 0 radical (unpaired) electrons. The van der Waals surface area contributed by atoms with E-state index in [2.05, 4.69) is 75.4 Å². The molecule has 6 rings (SSSR count). The first-order valence-electron chi connectivity index (χ1n) is 17.4. The van der Waals surface area contributed by atoms with Crippen LogP contribution in [0.5, 0.6) is 0 Å². The Labute approximate surface area is 326 Å². The van der Waals surface area contributed by atoms with Gasteiger partial charge in [-0.25, -0.2) is 4.79 Å². The molecular formula is C45H43N7O4. The van der Waals surface area contributed by atoms with E-state index in [0.717, 1.165) is 61.2 Å². The molecule has 56 heavy (non-hydrogen) atoms. The van der Waals surface area contributed by atoms with Crippen LogP contribution in [-0.4, -0.2) is 37.7 Å². The predicted molar refractivity (Wildman–Crippen MR) is 226 cm³/mol. The average molecular weight is 746 g/mol. The third-order valence-electron chi connectivity index (χ3n) is 8.55. The molecule has 0 bridgehead atoms. The number of nitrogens with two attached hydrogens (primary N) is 4. The number of hydrogen-bond donors (Lipinski definition) is 4. The summed E-state index contributed by atoms with van der Waals surface area (Å²) >= 11 is 0. The van der Waals surface area contributed by atoms with Gasteiger partial charge in [0.2, 0.25) is 0 Å². The van der Waals surface area contributed by atoms with Crippen molar-refractivity contribution < 1.29 is 19.3 Å². The summed E-state index contributed by atoms with van der Waals surface area (Å²) in [5.41, 5.74) is 35.8. The van der Waals surface area contributed by atoms with Crippen LogP contribution >= 0.6 is 0 Å². The van der Waals surface area contributed by atoms with Gasteiger partial charge in [0.05, 0.1) is 0 Å². The molecule has 282 valence electrons. The summed E-state index contributed by atoms with van der Waals surface area (Å²) < 4.78 is 0. The third kappa shape index (κ3) is 10.5. The molecule has 0 aliphatic rings. The number of nitrogens with zero attached hydrogens (tertiary/aromatic N) is 3. The fraction of sp³-hybridized carbons (Fsp3) is 0.0667. The van der Waals surface area contributed by atoms with Crippen LogP contribution in [0.2, 0.25) is 0 Å². The summed E-state index contributed by atoms with van der Waals surface area (Å²) in [7, 11) is 2.94. The molecular weight excluding hydrogens is 703 g/mol. The topological polar surface area (TPSA) is 186 Å². The molecule has 0 spiro atoms. The average Bonchev–Trinajstić information content (AvgIpc) is 3.23. The molecule has 0 atom stereocenters. The van der Waals surface area contributed by atoms with Crippen LogP contribution < -0.4 is 22.9 Å². The first kappa shape index (κ1) is 39.5. The minimum atomic E-state index is -0.512. The summed E-state index contributed by atoms with van der Waals surface area (Å²) in [5, 5.41) is 11.1. The van der Waals surface area contributed by atoms with Crippen LogP contribution in [0.25, 0.3) is 50.2 Å². The van der Waals surface area contributed by atoms with E-state index in [-0.39, 0.29) is 5.84 Å². The lowest BCUT2D eigenvalue weighted by Crippen LogP contribution is -2.14. The maximum atomic E-state index is 10.8. The monoisotopic (exact) mass is 745 g/mol. The predicted octanol–water partition coefficient (Wildman–Crippen LogP) is 7.69. The van der Waals surface area contributed by atoms with Crippen LogP contribution in [0.1, 0.15) is 29.2 Å². The van der Waals surface area contributed by atoms with Crippen LogP contribution in [-0.2, 0) is 19.3 Å². The van der Waals surface area contributed by atoms with Gasteiger partial charge in [0, 0.05) is 29.3 Å². The zero-order valence-corrected chi connectivity index (χ0v) is 31.3. The third-order valence-corrected chi connectivity index (χ3v) is 8.55. The lowest BCUT2D eigenvalue weighted by atomic mass is 9.98. The van der Waals surface area contributed by atoms with Gasteiger partial charge < -0.3 is 37.4 Å². The SMILES string of the molecule is C=C(N)c1ccc(-c2ccc(-c3ccc(/C(N)=N/OC(C)=O)cc3)cc2)cc1.CO/N=C(\N)c1ccc(-c2ccc(-c3ccc(/C(N)=N\OC)cc3)cc2)cc1. The molecule has 0 aromatic heterocycles. The van der Waals surface area contributed by atoms with Crippen molar-refractivity contribution in [1.82, 2.24) is 0 Å². The molecule has 6 aromatic carbocycles. The van der Waals surface area contributed by atoms with Gasteiger partial charge in [-0.3, -0.25) is 0 Å². The summed E-state index contributed by atoms with van der Waals surface area (Å²) in [5.74, 6) is 0.344. The number of carbonyl (C=O) groups excluding carboxylic acids is 1. The van der Waals surface area contributed by atoms with Crippen molar-refractivity contribution in [3.05, 3.63) is 174 Å². The van der Waals surface area contributed by atoms with Gasteiger partial charge in [-0.1, -0.05) is 168 Å². The Balaban J connectivity index is 0.000000214. The van der Waals surface area contributed by atoms with E-state index in [1.807, 2.05) is 97.1 Å². The van der Waals surface area contributed by atoms with Gasteiger partial charge in [0.1, 0.15) is 14.2 Å². The highest BCUT2D eigenvalue weighted by atomic mass is 16.7. The van der Waals surface area contributed by atoms with Crippen molar-refractivity contribution in [2.45, 2.75) is 6.92 Å². The Hall–Kier alpha value is -7.66. The van der Waals surface area contributed by atoms with Crippen molar-refractivity contribution >= 4 is 29.2 Å². The Morgan fingerprint density at radius 3 is 0.839 bits per heavy atom. The second-order valence-corrected chi connectivity index (χ2v) is 12.4. The highest BCUT2D eigenvalue weighted by molar-refractivity contribution is 5.99. The van der Waals surface area contributed by atoms with Crippen molar-refractivity contribution in [2.24, 2.45) is 38.4 Å². The zero-order chi connectivity index (χ0) is 40.0. The van der Waals surface area contributed by atoms with Gasteiger partial charge >= 0.3 is 5.97 Å². The first-order chi connectivity index (χ1) is 27.1. The standard InChI is InChI=1S/C23H21N3O2.C22H22N4O2/c1-15(24)17-3-5-18(6-4-17)19-7-9-20(10-8-19)21-11-13-22(14-12-21)23(25)26-28-16(2)27;1-27-25-21(23)19-11-7-17(8-12-19)15-3-5-16(6-4-15)18-9-13-20(14-10-18)22(24)26-28-2/h3-14H,1,24H2,2H3,(H2,25,26);3-14H,1-2H3,(H2,23,25)(H2,24,26). The van der Waals surface area contributed by atoms with Crippen molar-refractivity contribution in [3.63, 3.8) is 0 Å². The van der Waals surface area contributed by atoms with E-state index in [0.29, 0.717) is 22.9 Å². The molecule has 11 nitrogen and oxygen atoms in total. The molecule has 0 fully saturated rings. The van der Waals surface area contributed by atoms with Crippen molar-refractivity contribution in [2.75, 3.05) is 14.2 Å². The number of amidine groups is 3. The van der Waals surface area contributed by atoms with Crippen molar-refractivity contribution in [3.8, 4) is 44.5 Å². The minimum Gasteiger partial charge on any atom is -0.399 e. The molecule has 11 heteroatoms. The maximum absolute atomic E-state index is 10.8. The van der Waals surface area contributed by atoms with E-state index in [9.17, 15) is 4.79 Å². The Morgan fingerprint density at radius 1 is 0.411 bits per heavy atom. The fourth-order valence-electron chi connectivity index (χ4n) is 5.56. The lowest BCUT2D eigenvalue weighted by Gasteiger charge is -2.07. The van der Waals surface area contributed by atoms with Gasteiger partial charge in [-0.15, -0.1) is 0 Å². The molecule has 8 N–H and O–H groups in total. The van der Waals surface area contributed by atoms with Crippen LogP contribution in [0.3, 0.4) is 0 Å². The largest absolute Gasteiger partial charge is 0.399 e.